The van der Waals surface area contributed by atoms with E-state index in [1.165, 1.54) is 12.8 Å². The van der Waals surface area contributed by atoms with Crippen LogP contribution in [0.1, 0.15) is 54.4 Å². The average Bonchev–Trinajstić information content (AvgIpc) is 2.79. The fourth-order valence-electron chi connectivity index (χ4n) is 3.41. The van der Waals surface area contributed by atoms with Gasteiger partial charge in [0, 0.05) is 18.3 Å². The second-order valence-corrected chi connectivity index (χ2v) is 5.75. The van der Waals surface area contributed by atoms with Gasteiger partial charge in [-0.2, -0.15) is 5.10 Å². The molecule has 0 saturated heterocycles. The maximum atomic E-state index is 12.9. The van der Waals surface area contributed by atoms with E-state index >= 15 is 0 Å². The van der Waals surface area contributed by atoms with Gasteiger partial charge in [-0.15, -0.1) is 0 Å². The van der Waals surface area contributed by atoms with Gasteiger partial charge in [0.05, 0.1) is 11.3 Å². The van der Waals surface area contributed by atoms with Gasteiger partial charge in [-0.3, -0.25) is 9.89 Å². The molecular formula is C15H26N4O. The zero-order valence-electron chi connectivity index (χ0n) is 12.8. The number of rotatable bonds is 4. The van der Waals surface area contributed by atoms with E-state index in [-0.39, 0.29) is 11.9 Å². The van der Waals surface area contributed by atoms with Crippen molar-refractivity contribution in [1.82, 2.24) is 15.1 Å². The summed E-state index contributed by atoms with van der Waals surface area (Å²) in [4.78, 5) is 14.9. The maximum Gasteiger partial charge on any atom is 0.257 e. The first-order valence-corrected chi connectivity index (χ1v) is 7.62. The van der Waals surface area contributed by atoms with E-state index in [1.807, 2.05) is 25.7 Å². The number of carbonyl (C=O) groups excluding carboxylic acids is 1. The predicted octanol–water partition coefficient (Wildman–Crippen LogP) is 2.01. The lowest BCUT2D eigenvalue weighted by Crippen LogP contribution is -2.48. The number of hydrogen-bond donors (Lipinski definition) is 2. The normalized spacial score (nSPS) is 22.8. The van der Waals surface area contributed by atoms with Crippen LogP contribution in [-0.2, 0) is 0 Å². The molecular weight excluding hydrogens is 252 g/mol. The summed E-state index contributed by atoms with van der Waals surface area (Å²) in [5, 5.41) is 7.04. The average molecular weight is 278 g/mol. The Labute approximate surface area is 120 Å². The second kappa shape index (κ2) is 6.39. The van der Waals surface area contributed by atoms with E-state index in [1.54, 1.807) is 0 Å². The number of H-pyrrole nitrogens is 1. The molecule has 1 saturated carbocycles. The highest BCUT2D eigenvalue weighted by atomic mass is 16.2. The highest BCUT2D eigenvalue weighted by Crippen LogP contribution is 2.29. The molecule has 0 radical (unpaired) electrons. The summed E-state index contributed by atoms with van der Waals surface area (Å²) < 4.78 is 0. The van der Waals surface area contributed by atoms with Crippen LogP contribution in [0.4, 0.5) is 0 Å². The molecule has 0 aromatic carbocycles. The fourth-order valence-corrected chi connectivity index (χ4v) is 3.41. The third-order valence-electron chi connectivity index (χ3n) is 4.52. The maximum absolute atomic E-state index is 12.9. The van der Waals surface area contributed by atoms with Crippen LogP contribution in [-0.4, -0.2) is 40.1 Å². The Balaban J connectivity index is 2.25. The lowest BCUT2D eigenvalue weighted by molar-refractivity contribution is 0.0558. The molecule has 0 spiro atoms. The van der Waals surface area contributed by atoms with Crippen LogP contribution in [0.15, 0.2) is 0 Å². The van der Waals surface area contributed by atoms with Crippen LogP contribution in [0.3, 0.4) is 0 Å². The molecule has 2 unspecified atom stereocenters. The van der Waals surface area contributed by atoms with Crippen molar-refractivity contribution in [3.05, 3.63) is 17.0 Å². The summed E-state index contributed by atoms with van der Waals surface area (Å²) in [5.41, 5.74) is 8.27. The molecule has 0 bridgehead atoms. The molecule has 1 fully saturated rings. The molecule has 1 aromatic rings. The first-order valence-electron chi connectivity index (χ1n) is 7.62. The van der Waals surface area contributed by atoms with E-state index < -0.39 is 0 Å². The van der Waals surface area contributed by atoms with Crippen molar-refractivity contribution >= 4 is 5.91 Å². The van der Waals surface area contributed by atoms with Gasteiger partial charge in [0.1, 0.15) is 0 Å². The zero-order chi connectivity index (χ0) is 14.7. The molecule has 1 amide bonds. The second-order valence-electron chi connectivity index (χ2n) is 5.75. The first kappa shape index (κ1) is 15.0. The van der Waals surface area contributed by atoms with E-state index in [0.29, 0.717) is 12.5 Å². The van der Waals surface area contributed by atoms with Crippen LogP contribution >= 0.6 is 0 Å². The van der Waals surface area contributed by atoms with E-state index in [0.717, 1.165) is 36.3 Å². The fraction of sp³-hybridized carbons (Fsp3) is 0.733. The number of aryl methyl sites for hydroxylation is 2. The van der Waals surface area contributed by atoms with Crippen LogP contribution in [0.2, 0.25) is 0 Å². The number of nitrogens with zero attached hydrogens (tertiary/aromatic N) is 2. The van der Waals surface area contributed by atoms with Gasteiger partial charge >= 0.3 is 0 Å². The molecule has 1 aromatic heterocycles. The Kier molecular flexibility index (Phi) is 4.81. The molecule has 112 valence electrons. The molecule has 1 aliphatic carbocycles. The van der Waals surface area contributed by atoms with E-state index in [4.69, 9.17) is 5.73 Å². The summed E-state index contributed by atoms with van der Waals surface area (Å²) in [7, 11) is 0. The molecule has 1 aliphatic rings. The first-order chi connectivity index (χ1) is 9.60. The molecule has 2 atom stereocenters. The van der Waals surface area contributed by atoms with Gasteiger partial charge < -0.3 is 10.6 Å². The summed E-state index contributed by atoms with van der Waals surface area (Å²) in [6, 6.07) is 0.278. The van der Waals surface area contributed by atoms with Crippen LogP contribution in [0, 0.1) is 19.8 Å². The van der Waals surface area contributed by atoms with Crippen LogP contribution < -0.4 is 5.73 Å². The van der Waals surface area contributed by atoms with Gasteiger partial charge in [-0.25, -0.2) is 0 Å². The number of nitrogens with one attached hydrogen (secondary N) is 1. The summed E-state index contributed by atoms with van der Waals surface area (Å²) in [6.07, 6.45) is 4.62. The number of nitrogens with two attached hydrogens (primary N) is 1. The van der Waals surface area contributed by atoms with Crippen molar-refractivity contribution in [2.24, 2.45) is 11.7 Å². The van der Waals surface area contributed by atoms with Crippen LogP contribution in [0.5, 0.6) is 0 Å². The standard InChI is InChI=1S/C15H26N4O/c1-4-19(13-8-6-5-7-12(13)9-16)15(20)14-10(2)17-18-11(14)3/h12-13H,4-9,16H2,1-3H3,(H,17,18). The molecule has 1 heterocycles. The molecule has 5 heteroatoms. The van der Waals surface area contributed by atoms with Crippen molar-refractivity contribution < 1.29 is 4.79 Å². The van der Waals surface area contributed by atoms with Crippen molar-refractivity contribution in [2.45, 2.75) is 52.5 Å². The topological polar surface area (TPSA) is 75.0 Å². The number of aromatic amines is 1. The Bertz CT molecular complexity index is 449. The Morgan fingerprint density at radius 2 is 2.10 bits per heavy atom. The highest BCUT2D eigenvalue weighted by Gasteiger charge is 2.33. The quantitative estimate of drug-likeness (QED) is 0.884. The molecule has 5 nitrogen and oxygen atoms in total. The Hall–Kier alpha value is -1.36. The minimum absolute atomic E-state index is 0.0987. The van der Waals surface area contributed by atoms with E-state index in [9.17, 15) is 4.79 Å². The highest BCUT2D eigenvalue weighted by molar-refractivity contribution is 5.96. The number of amides is 1. The van der Waals surface area contributed by atoms with Gasteiger partial charge in [0.15, 0.2) is 0 Å². The third-order valence-corrected chi connectivity index (χ3v) is 4.52. The molecule has 2 rings (SSSR count). The summed E-state index contributed by atoms with van der Waals surface area (Å²) in [6.45, 7) is 7.22. The summed E-state index contributed by atoms with van der Waals surface area (Å²) >= 11 is 0. The lowest BCUT2D eigenvalue weighted by Gasteiger charge is -2.39. The van der Waals surface area contributed by atoms with Gasteiger partial charge in [0.25, 0.3) is 5.91 Å². The van der Waals surface area contributed by atoms with E-state index in [2.05, 4.69) is 10.2 Å². The minimum atomic E-state index is 0.0987. The SMILES string of the molecule is CCN(C(=O)c1c(C)n[nH]c1C)C1CCCCC1CN. The van der Waals surface area contributed by atoms with Gasteiger partial charge in [-0.1, -0.05) is 12.8 Å². The number of hydrogen-bond acceptors (Lipinski definition) is 3. The van der Waals surface area contributed by atoms with Gasteiger partial charge in [0.2, 0.25) is 0 Å². The van der Waals surface area contributed by atoms with Crippen molar-refractivity contribution in [1.29, 1.82) is 0 Å². The van der Waals surface area contributed by atoms with Crippen LogP contribution in [0.25, 0.3) is 0 Å². The summed E-state index contributed by atoms with van der Waals surface area (Å²) in [5.74, 6) is 0.529. The number of carbonyl (C=O) groups is 1. The smallest absolute Gasteiger partial charge is 0.257 e. The molecule has 20 heavy (non-hydrogen) atoms. The number of aromatic nitrogens is 2. The monoisotopic (exact) mass is 278 g/mol. The molecule has 3 N–H and O–H groups in total. The predicted molar refractivity (Wildman–Crippen MR) is 79.6 cm³/mol. The van der Waals surface area contributed by atoms with Gasteiger partial charge in [-0.05, 0) is 46.1 Å². The lowest BCUT2D eigenvalue weighted by atomic mass is 9.83. The minimum Gasteiger partial charge on any atom is -0.336 e. The van der Waals surface area contributed by atoms with Crippen molar-refractivity contribution in [3.63, 3.8) is 0 Å². The third kappa shape index (κ3) is 2.73. The Morgan fingerprint density at radius 3 is 2.65 bits per heavy atom. The van der Waals surface area contributed by atoms with Crippen molar-refractivity contribution in [2.75, 3.05) is 13.1 Å². The molecule has 0 aliphatic heterocycles. The van der Waals surface area contributed by atoms with Crippen molar-refractivity contribution in [3.8, 4) is 0 Å². The largest absolute Gasteiger partial charge is 0.336 e. The Morgan fingerprint density at radius 1 is 1.40 bits per heavy atom. The zero-order valence-corrected chi connectivity index (χ0v) is 12.8.